The van der Waals surface area contributed by atoms with Crippen molar-refractivity contribution in [2.24, 2.45) is 0 Å². The zero-order valence-electron chi connectivity index (χ0n) is 12.8. The molecule has 0 aliphatic carbocycles. The molecule has 25 heavy (non-hydrogen) atoms. The molecule has 2 aromatic rings. The number of nitrogens with one attached hydrogen (secondary N) is 1. The standard InChI is InChI=1S/C17H13BrN2O5/c18-9-2-1-3-10(6-9)19-13-8-15(22)20(16(13)23)11-4-5-14(21)12(7-11)17(24)25/h1-7,13,19,21H,8H2,(H,24,25). The lowest BCUT2D eigenvalue weighted by Crippen LogP contribution is -2.34. The molecular formula is C17H13BrN2O5. The summed E-state index contributed by atoms with van der Waals surface area (Å²) < 4.78 is 0.829. The number of carbonyl (C=O) groups excluding carboxylic acids is 2. The number of nitrogens with zero attached hydrogens (tertiary/aromatic N) is 1. The Morgan fingerprint density at radius 2 is 1.96 bits per heavy atom. The second-order valence-electron chi connectivity index (χ2n) is 5.49. The maximum atomic E-state index is 12.6. The Bertz CT molecular complexity index is 883. The van der Waals surface area contributed by atoms with E-state index in [9.17, 15) is 19.5 Å². The Kier molecular flexibility index (Phi) is 4.45. The van der Waals surface area contributed by atoms with Gasteiger partial charge in [0.15, 0.2) is 0 Å². The van der Waals surface area contributed by atoms with E-state index in [0.29, 0.717) is 5.69 Å². The highest BCUT2D eigenvalue weighted by Gasteiger charge is 2.40. The van der Waals surface area contributed by atoms with Crippen molar-refractivity contribution in [1.82, 2.24) is 0 Å². The molecule has 8 heteroatoms. The summed E-state index contributed by atoms with van der Waals surface area (Å²) in [6.07, 6.45) is -0.0470. The van der Waals surface area contributed by atoms with E-state index in [1.807, 2.05) is 6.07 Å². The van der Waals surface area contributed by atoms with Gasteiger partial charge in [-0.3, -0.25) is 9.59 Å². The average molecular weight is 405 g/mol. The highest BCUT2D eigenvalue weighted by molar-refractivity contribution is 9.10. The van der Waals surface area contributed by atoms with Crippen molar-refractivity contribution in [3.05, 3.63) is 52.5 Å². The Labute approximate surface area is 151 Å². The minimum Gasteiger partial charge on any atom is -0.507 e. The van der Waals surface area contributed by atoms with E-state index in [0.717, 1.165) is 21.5 Å². The fraction of sp³-hybridized carbons (Fsp3) is 0.118. The highest BCUT2D eigenvalue weighted by atomic mass is 79.9. The third-order valence-corrected chi connectivity index (χ3v) is 4.27. The van der Waals surface area contributed by atoms with Crippen molar-refractivity contribution in [1.29, 1.82) is 0 Å². The third kappa shape index (κ3) is 3.34. The fourth-order valence-electron chi connectivity index (χ4n) is 2.63. The number of hydrogen-bond acceptors (Lipinski definition) is 5. The number of rotatable bonds is 4. The Balaban J connectivity index is 1.87. The number of carboxylic acids is 1. The first-order valence-corrected chi connectivity index (χ1v) is 8.11. The molecule has 2 aromatic carbocycles. The van der Waals surface area contributed by atoms with Crippen LogP contribution in [0.15, 0.2) is 46.9 Å². The molecular weight excluding hydrogens is 392 g/mol. The summed E-state index contributed by atoms with van der Waals surface area (Å²) in [6.45, 7) is 0. The van der Waals surface area contributed by atoms with Crippen molar-refractivity contribution in [3.63, 3.8) is 0 Å². The van der Waals surface area contributed by atoms with Crippen LogP contribution in [0.5, 0.6) is 5.75 Å². The lowest BCUT2D eigenvalue weighted by molar-refractivity contribution is -0.121. The molecule has 1 atom stereocenters. The van der Waals surface area contributed by atoms with Gasteiger partial charge in [0.05, 0.1) is 12.1 Å². The van der Waals surface area contributed by atoms with Crippen molar-refractivity contribution >= 4 is 45.1 Å². The summed E-state index contributed by atoms with van der Waals surface area (Å²) in [7, 11) is 0. The molecule has 0 saturated carbocycles. The highest BCUT2D eigenvalue weighted by Crippen LogP contribution is 2.29. The number of aromatic hydroxyl groups is 1. The monoisotopic (exact) mass is 404 g/mol. The van der Waals surface area contributed by atoms with Crippen LogP contribution in [0, 0.1) is 0 Å². The van der Waals surface area contributed by atoms with Gasteiger partial charge in [0.25, 0.3) is 5.91 Å². The quantitative estimate of drug-likeness (QED) is 0.676. The summed E-state index contributed by atoms with van der Waals surface area (Å²) in [5, 5.41) is 21.6. The molecule has 1 unspecified atom stereocenters. The topological polar surface area (TPSA) is 107 Å². The minimum atomic E-state index is -1.35. The van der Waals surface area contributed by atoms with Gasteiger partial charge in [0.2, 0.25) is 5.91 Å². The molecule has 1 fully saturated rings. The zero-order valence-corrected chi connectivity index (χ0v) is 14.4. The summed E-state index contributed by atoms with van der Waals surface area (Å²) in [5.41, 5.74) is 0.421. The molecule has 0 radical (unpaired) electrons. The number of halogens is 1. The summed E-state index contributed by atoms with van der Waals surface area (Å²) in [5.74, 6) is -2.70. The van der Waals surface area contributed by atoms with Crippen LogP contribution in [0.1, 0.15) is 16.8 Å². The minimum absolute atomic E-state index is 0.0470. The van der Waals surface area contributed by atoms with E-state index in [2.05, 4.69) is 21.2 Å². The predicted molar refractivity (Wildman–Crippen MR) is 93.7 cm³/mol. The van der Waals surface area contributed by atoms with Crippen molar-refractivity contribution in [3.8, 4) is 5.75 Å². The SMILES string of the molecule is O=C(O)c1cc(N2C(=O)CC(Nc3cccc(Br)c3)C2=O)ccc1O. The Morgan fingerprint density at radius 1 is 1.20 bits per heavy atom. The Morgan fingerprint density at radius 3 is 2.64 bits per heavy atom. The van der Waals surface area contributed by atoms with Gasteiger partial charge < -0.3 is 15.5 Å². The number of aromatic carboxylic acids is 1. The molecule has 0 spiro atoms. The second kappa shape index (κ2) is 6.56. The number of imide groups is 1. The summed E-state index contributed by atoms with van der Waals surface area (Å²) in [4.78, 5) is 36.9. The molecule has 0 aromatic heterocycles. The number of carboxylic acid groups (broad SMARTS) is 1. The van der Waals surface area contributed by atoms with E-state index in [1.165, 1.54) is 6.07 Å². The number of hydrogen-bond donors (Lipinski definition) is 3. The maximum Gasteiger partial charge on any atom is 0.339 e. The number of amides is 2. The molecule has 0 bridgehead atoms. The van der Waals surface area contributed by atoms with Gasteiger partial charge in [-0.2, -0.15) is 0 Å². The van der Waals surface area contributed by atoms with Crippen LogP contribution in [-0.2, 0) is 9.59 Å². The largest absolute Gasteiger partial charge is 0.507 e. The fourth-order valence-corrected chi connectivity index (χ4v) is 3.03. The number of benzene rings is 2. The molecule has 1 aliphatic heterocycles. The molecule has 7 nitrogen and oxygen atoms in total. The Hall–Kier alpha value is -2.87. The number of phenols is 1. The molecule has 2 amide bonds. The number of carbonyl (C=O) groups is 3. The van der Waals surface area contributed by atoms with Crippen molar-refractivity contribution < 1.29 is 24.6 Å². The smallest absolute Gasteiger partial charge is 0.339 e. The van der Waals surface area contributed by atoms with Gasteiger partial charge in [-0.05, 0) is 36.4 Å². The van der Waals surface area contributed by atoms with E-state index in [4.69, 9.17) is 5.11 Å². The van der Waals surface area contributed by atoms with Gasteiger partial charge in [0.1, 0.15) is 17.4 Å². The normalized spacial score (nSPS) is 17.0. The summed E-state index contributed by atoms with van der Waals surface area (Å²) in [6, 6.07) is 10.0. The zero-order chi connectivity index (χ0) is 18.1. The first kappa shape index (κ1) is 17.0. The van der Waals surface area contributed by atoms with Gasteiger partial charge in [-0.25, -0.2) is 9.69 Å². The van der Waals surface area contributed by atoms with Crippen LogP contribution in [0.3, 0.4) is 0 Å². The van der Waals surface area contributed by atoms with Gasteiger partial charge in [0, 0.05) is 10.2 Å². The van der Waals surface area contributed by atoms with E-state index in [1.54, 1.807) is 18.2 Å². The van der Waals surface area contributed by atoms with Gasteiger partial charge in [-0.15, -0.1) is 0 Å². The van der Waals surface area contributed by atoms with Crippen LogP contribution in [0.4, 0.5) is 11.4 Å². The molecule has 1 heterocycles. The van der Waals surface area contributed by atoms with Gasteiger partial charge >= 0.3 is 5.97 Å². The first-order chi connectivity index (χ1) is 11.9. The maximum absolute atomic E-state index is 12.6. The van der Waals surface area contributed by atoms with Gasteiger partial charge in [-0.1, -0.05) is 22.0 Å². The van der Waals surface area contributed by atoms with E-state index in [-0.39, 0.29) is 17.7 Å². The van der Waals surface area contributed by atoms with Crippen LogP contribution < -0.4 is 10.2 Å². The first-order valence-electron chi connectivity index (χ1n) is 7.32. The van der Waals surface area contributed by atoms with Crippen molar-refractivity contribution in [2.75, 3.05) is 10.2 Å². The third-order valence-electron chi connectivity index (χ3n) is 3.78. The van der Waals surface area contributed by atoms with Crippen LogP contribution in [-0.4, -0.2) is 34.0 Å². The second-order valence-corrected chi connectivity index (χ2v) is 6.40. The van der Waals surface area contributed by atoms with Crippen LogP contribution >= 0.6 is 15.9 Å². The number of anilines is 2. The van der Waals surface area contributed by atoms with Crippen LogP contribution in [0.2, 0.25) is 0 Å². The van der Waals surface area contributed by atoms with E-state index < -0.39 is 29.6 Å². The summed E-state index contributed by atoms with van der Waals surface area (Å²) >= 11 is 3.33. The molecule has 128 valence electrons. The van der Waals surface area contributed by atoms with Crippen molar-refractivity contribution in [2.45, 2.75) is 12.5 Å². The predicted octanol–water partition coefficient (Wildman–Crippen LogP) is 2.60. The molecule has 1 saturated heterocycles. The molecule has 3 N–H and O–H groups in total. The average Bonchev–Trinajstić information content (AvgIpc) is 2.82. The molecule has 1 aliphatic rings. The lowest BCUT2D eigenvalue weighted by atomic mass is 10.1. The molecule has 3 rings (SSSR count). The lowest BCUT2D eigenvalue weighted by Gasteiger charge is -2.17. The van der Waals surface area contributed by atoms with Crippen LogP contribution in [0.25, 0.3) is 0 Å². The van der Waals surface area contributed by atoms with E-state index >= 15 is 0 Å².